The van der Waals surface area contributed by atoms with Crippen molar-refractivity contribution in [3.63, 3.8) is 0 Å². The fourth-order valence-electron chi connectivity index (χ4n) is 5.06. The maximum Gasteiger partial charge on any atom is 0.257 e. The second-order valence-electron chi connectivity index (χ2n) is 7.97. The summed E-state index contributed by atoms with van der Waals surface area (Å²) >= 11 is 0. The van der Waals surface area contributed by atoms with Gasteiger partial charge < -0.3 is 19.3 Å². The van der Waals surface area contributed by atoms with E-state index in [-0.39, 0.29) is 11.8 Å². The van der Waals surface area contributed by atoms with Crippen LogP contribution in [0.4, 0.5) is 0 Å². The molecular weight excluding hydrogens is 344 g/mol. The first kappa shape index (κ1) is 18.1. The Kier molecular flexibility index (Phi) is 4.98. The van der Waals surface area contributed by atoms with Crippen LogP contribution in [0.25, 0.3) is 0 Å². The summed E-state index contributed by atoms with van der Waals surface area (Å²) in [6.07, 6.45) is 4.84. The normalized spacial score (nSPS) is 27.0. The van der Waals surface area contributed by atoms with Crippen LogP contribution in [0.2, 0.25) is 0 Å². The number of hydrogen-bond donors (Lipinski definition) is 0. The van der Waals surface area contributed by atoms with Crippen molar-refractivity contribution in [2.45, 2.75) is 25.7 Å². The average Bonchev–Trinajstić information content (AvgIpc) is 3.36. The summed E-state index contributed by atoms with van der Waals surface area (Å²) in [7, 11) is 3.14. The number of piperazine rings is 1. The van der Waals surface area contributed by atoms with Gasteiger partial charge in [0, 0.05) is 38.2 Å². The zero-order valence-corrected chi connectivity index (χ0v) is 16.1. The van der Waals surface area contributed by atoms with Gasteiger partial charge in [-0.1, -0.05) is 6.42 Å². The molecule has 0 aromatic heterocycles. The third-order valence-electron chi connectivity index (χ3n) is 6.57. The summed E-state index contributed by atoms with van der Waals surface area (Å²) in [5.74, 6) is 3.04. The second kappa shape index (κ2) is 7.41. The number of methoxy groups -OCH3 is 2. The highest BCUT2D eigenvalue weighted by atomic mass is 16.5. The molecule has 0 spiro atoms. The van der Waals surface area contributed by atoms with Crippen LogP contribution in [0.3, 0.4) is 0 Å². The molecule has 146 valence electrons. The van der Waals surface area contributed by atoms with Gasteiger partial charge in [0.15, 0.2) is 0 Å². The van der Waals surface area contributed by atoms with Crippen LogP contribution in [0.1, 0.15) is 36.0 Å². The predicted octanol–water partition coefficient (Wildman–Crippen LogP) is 2.42. The Morgan fingerprint density at radius 3 is 2.30 bits per heavy atom. The van der Waals surface area contributed by atoms with Crippen molar-refractivity contribution >= 4 is 11.8 Å². The molecule has 1 aliphatic heterocycles. The van der Waals surface area contributed by atoms with E-state index in [0.29, 0.717) is 55.1 Å². The van der Waals surface area contributed by atoms with Gasteiger partial charge in [-0.05, 0) is 43.2 Å². The Morgan fingerprint density at radius 1 is 0.963 bits per heavy atom. The fourth-order valence-corrected chi connectivity index (χ4v) is 5.06. The van der Waals surface area contributed by atoms with E-state index in [1.165, 1.54) is 19.3 Å². The zero-order valence-electron chi connectivity index (χ0n) is 16.1. The van der Waals surface area contributed by atoms with Gasteiger partial charge in [0.05, 0.1) is 19.8 Å². The molecule has 1 saturated heterocycles. The van der Waals surface area contributed by atoms with Crippen molar-refractivity contribution in [3.8, 4) is 11.5 Å². The quantitative estimate of drug-likeness (QED) is 0.814. The lowest BCUT2D eigenvalue weighted by Crippen LogP contribution is -2.52. The lowest BCUT2D eigenvalue weighted by Gasteiger charge is -2.37. The van der Waals surface area contributed by atoms with Crippen molar-refractivity contribution in [2.75, 3.05) is 40.4 Å². The van der Waals surface area contributed by atoms with Crippen LogP contribution in [-0.4, -0.2) is 62.0 Å². The fraction of sp³-hybridized carbons (Fsp3) is 0.619. The maximum atomic E-state index is 12.9. The molecule has 0 unspecified atom stereocenters. The molecule has 0 radical (unpaired) electrons. The smallest absolute Gasteiger partial charge is 0.257 e. The largest absolute Gasteiger partial charge is 0.497 e. The van der Waals surface area contributed by atoms with Gasteiger partial charge in [0.25, 0.3) is 5.91 Å². The summed E-state index contributed by atoms with van der Waals surface area (Å²) in [4.78, 5) is 29.6. The molecule has 2 bridgehead atoms. The highest BCUT2D eigenvalue weighted by molar-refractivity contribution is 5.97. The van der Waals surface area contributed by atoms with E-state index in [1.807, 2.05) is 9.80 Å². The van der Waals surface area contributed by atoms with E-state index in [0.717, 1.165) is 12.3 Å². The van der Waals surface area contributed by atoms with Crippen LogP contribution in [0, 0.1) is 17.8 Å². The first-order valence-electron chi connectivity index (χ1n) is 9.90. The van der Waals surface area contributed by atoms with Crippen LogP contribution in [-0.2, 0) is 4.79 Å². The minimum atomic E-state index is -0.0541. The Labute approximate surface area is 160 Å². The molecule has 2 amide bonds. The van der Waals surface area contributed by atoms with Gasteiger partial charge in [-0.25, -0.2) is 0 Å². The molecule has 3 aliphatic rings. The third-order valence-corrected chi connectivity index (χ3v) is 6.57. The van der Waals surface area contributed by atoms with Crippen LogP contribution in [0.15, 0.2) is 18.2 Å². The molecule has 2 aliphatic carbocycles. The van der Waals surface area contributed by atoms with E-state index in [4.69, 9.17) is 9.47 Å². The summed E-state index contributed by atoms with van der Waals surface area (Å²) in [6.45, 7) is 2.38. The number of carbonyl (C=O) groups is 2. The molecule has 27 heavy (non-hydrogen) atoms. The monoisotopic (exact) mass is 372 g/mol. The van der Waals surface area contributed by atoms with Crippen molar-refractivity contribution in [2.24, 2.45) is 17.8 Å². The molecule has 0 N–H and O–H groups in total. The van der Waals surface area contributed by atoms with Gasteiger partial charge in [-0.2, -0.15) is 0 Å². The minimum Gasteiger partial charge on any atom is -0.497 e. The summed E-state index contributed by atoms with van der Waals surface area (Å²) in [5.41, 5.74) is 0.533. The number of fused-ring (bicyclic) bond motifs is 2. The molecule has 3 atom stereocenters. The van der Waals surface area contributed by atoms with Gasteiger partial charge in [-0.3, -0.25) is 9.59 Å². The third kappa shape index (κ3) is 3.37. The first-order chi connectivity index (χ1) is 13.1. The molecule has 2 saturated carbocycles. The van der Waals surface area contributed by atoms with Crippen molar-refractivity contribution < 1.29 is 19.1 Å². The zero-order chi connectivity index (χ0) is 19.0. The van der Waals surface area contributed by atoms with Crippen LogP contribution < -0.4 is 9.47 Å². The van der Waals surface area contributed by atoms with Crippen LogP contribution >= 0.6 is 0 Å². The highest BCUT2D eigenvalue weighted by Gasteiger charge is 2.44. The average molecular weight is 372 g/mol. The van der Waals surface area contributed by atoms with Gasteiger partial charge >= 0.3 is 0 Å². The molecule has 1 aromatic rings. The Bertz CT molecular complexity index is 727. The predicted molar refractivity (Wildman–Crippen MR) is 101 cm³/mol. The number of hydrogen-bond acceptors (Lipinski definition) is 4. The number of rotatable bonds is 4. The van der Waals surface area contributed by atoms with Gasteiger partial charge in [0.2, 0.25) is 5.91 Å². The summed E-state index contributed by atoms with van der Waals surface area (Å²) in [6, 6.07) is 5.24. The molecule has 6 nitrogen and oxygen atoms in total. The highest BCUT2D eigenvalue weighted by Crippen LogP contribution is 2.48. The Morgan fingerprint density at radius 2 is 1.70 bits per heavy atom. The van der Waals surface area contributed by atoms with Gasteiger partial charge in [0.1, 0.15) is 11.5 Å². The van der Waals surface area contributed by atoms with Crippen molar-refractivity contribution in [1.29, 1.82) is 0 Å². The number of ether oxygens (including phenoxy) is 2. The van der Waals surface area contributed by atoms with E-state index >= 15 is 0 Å². The standard InChI is InChI=1S/C21H28N2O4/c1-26-16-5-6-17(19(13-16)27-2)20(24)22-7-9-23(10-8-22)21(25)18-12-14-3-4-15(18)11-14/h5-6,13-15,18H,3-4,7-12H2,1-2H3/t14-,15-,18+/m0/s1. The maximum absolute atomic E-state index is 12.9. The van der Waals surface area contributed by atoms with Crippen LogP contribution in [0.5, 0.6) is 11.5 Å². The molecular formula is C21H28N2O4. The lowest BCUT2D eigenvalue weighted by molar-refractivity contribution is -0.138. The summed E-state index contributed by atoms with van der Waals surface area (Å²) in [5, 5.41) is 0. The minimum absolute atomic E-state index is 0.0541. The molecule has 1 aromatic carbocycles. The Balaban J connectivity index is 1.37. The van der Waals surface area contributed by atoms with E-state index < -0.39 is 0 Å². The Hall–Kier alpha value is -2.24. The number of benzene rings is 1. The summed E-state index contributed by atoms with van der Waals surface area (Å²) < 4.78 is 10.6. The van der Waals surface area contributed by atoms with E-state index in [2.05, 4.69) is 0 Å². The molecule has 6 heteroatoms. The second-order valence-corrected chi connectivity index (χ2v) is 7.97. The lowest BCUT2D eigenvalue weighted by atomic mass is 9.87. The van der Waals surface area contributed by atoms with E-state index in [9.17, 15) is 9.59 Å². The van der Waals surface area contributed by atoms with Crippen molar-refractivity contribution in [3.05, 3.63) is 23.8 Å². The number of nitrogens with zero attached hydrogens (tertiary/aromatic N) is 2. The SMILES string of the molecule is COc1ccc(C(=O)N2CCN(C(=O)[C@@H]3C[C@H]4CC[C@H]3C4)CC2)c(OC)c1. The molecule has 1 heterocycles. The number of carbonyl (C=O) groups excluding carboxylic acids is 2. The topological polar surface area (TPSA) is 59.1 Å². The van der Waals surface area contributed by atoms with E-state index in [1.54, 1.807) is 32.4 Å². The van der Waals surface area contributed by atoms with Gasteiger partial charge in [-0.15, -0.1) is 0 Å². The molecule has 3 fully saturated rings. The number of amides is 2. The molecule has 4 rings (SSSR count). The van der Waals surface area contributed by atoms with Crippen molar-refractivity contribution in [1.82, 2.24) is 9.80 Å². The first-order valence-corrected chi connectivity index (χ1v) is 9.90.